The molecule has 20 heavy (non-hydrogen) atoms. The summed E-state index contributed by atoms with van der Waals surface area (Å²) in [4.78, 5) is 14.1. The summed E-state index contributed by atoms with van der Waals surface area (Å²) in [5, 5.41) is 22.8. The number of nitrogens with one attached hydrogen (secondary N) is 1. The minimum atomic E-state index is 0.000567. The number of H-pyrrole nitrogens is 1. The number of amides is 1. The van der Waals surface area contributed by atoms with Gasteiger partial charge in [0, 0.05) is 36.7 Å². The lowest BCUT2D eigenvalue weighted by molar-refractivity contribution is 0.0782. The first-order valence-electron chi connectivity index (χ1n) is 6.52. The van der Waals surface area contributed by atoms with E-state index in [1.807, 2.05) is 0 Å². The predicted octanol–water partition coefficient (Wildman–Crippen LogP) is 0.321. The molecule has 1 unspecified atom stereocenters. The molecule has 2 N–H and O–H groups in total. The second-order valence-corrected chi connectivity index (χ2v) is 4.90. The highest BCUT2D eigenvalue weighted by atomic mass is 16.3. The Labute approximate surface area is 115 Å². The van der Waals surface area contributed by atoms with Gasteiger partial charge in [0.25, 0.3) is 5.91 Å². The van der Waals surface area contributed by atoms with E-state index in [1.54, 1.807) is 29.2 Å². The Bertz CT molecular complexity index is 581. The van der Waals surface area contributed by atoms with Crippen molar-refractivity contribution in [2.24, 2.45) is 5.92 Å². The van der Waals surface area contributed by atoms with Gasteiger partial charge in [-0.2, -0.15) is 5.21 Å². The number of likely N-dealkylation sites (tertiary alicyclic amines) is 1. The third-order valence-electron chi connectivity index (χ3n) is 3.57. The summed E-state index contributed by atoms with van der Waals surface area (Å²) in [5.41, 5.74) is 1.45. The zero-order valence-corrected chi connectivity index (χ0v) is 10.9. The van der Waals surface area contributed by atoms with Crippen LogP contribution in [-0.2, 0) is 0 Å². The molecule has 104 valence electrons. The Morgan fingerprint density at radius 1 is 1.40 bits per heavy atom. The maximum Gasteiger partial charge on any atom is 0.253 e. The van der Waals surface area contributed by atoms with Gasteiger partial charge in [-0.05, 0) is 23.8 Å². The number of nitrogens with zero attached hydrogens (tertiary/aromatic N) is 4. The van der Waals surface area contributed by atoms with Gasteiger partial charge in [0.2, 0.25) is 5.82 Å². The van der Waals surface area contributed by atoms with Crippen LogP contribution in [0.5, 0.6) is 0 Å². The normalized spacial score (nSPS) is 18.4. The summed E-state index contributed by atoms with van der Waals surface area (Å²) in [6.45, 7) is 1.47. The van der Waals surface area contributed by atoms with Gasteiger partial charge in [-0.15, -0.1) is 10.2 Å². The average Bonchev–Trinajstić information content (AvgIpc) is 3.18. The largest absolute Gasteiger partial charge is 0.396 e. The number of hydrogen-bond acceptors (Lipinski definition) is 5. The van der Waals surface area contributed by atoms with Crippen LogP contribution < -0.4 is 0 Å². The summed E-state index contributed by atoms with van der Waals surface area (Å²) in [5.74, 6) is 0.712. The molecule has 1 saturated heterocycles. The van der Waals surface area contributed by atoms with Crippen molar-refractivity contribution < 1.29 is 9.90 Å². The number of rotatable bonds is 3. The molecule has 1 aromatic carbocycles. The van der Waals surface area contributed by atoms with Crippen LogP contribution in [0, 0.1) is 5.92 Å². The number of carbonyl (C=O) groups excluding carboxylic acids is 1. The van der Waals surface area contributed by atoms with Crippen molar-refractivity contribution >= 4 is 5.91 Å². The van der Waals surface area contributed by atoms with Crippen molar-refractivity contribution in [2.45, 2.75) is 6.42 Å². The third-order valence-corrected chi connectivity index (χ3v) is 3.57. The lowest BCUT2D eigenvalue weighted by Crippen LogP contribution is -2.29. The van der Waals surface area contributed by atoms with Gasteiger partial charge in [-0.1, -0.05) is 12.1 Å². The smallest absolute Gasteiger partial charge is 0.253 e. The van der Waals surface area contributed by atoms with E-state index in [0.717, 1.165) is 12.0 Å². The van der Waals surface area contributed by atoms with Crippen LogP contribution in [-0.4, -0.2) is 56.2 Å². The van der Waals surface area contributed by atoms with Crippen LogP contribution in [0.1, 0.15) is 16.8 Å². The Balaban J connectivity index is 1.73. The van der Waals surface area contributed by atoms with E-state index in [9.17, 15) is 4.79 Å². The molecule has 0 spiro atoms. The average molecular weight is 273 g/mol. The number of hydrogen-bond donors (Lipinski definition) is 2. The van der Waals surface area contributed by atoms with Gasteiger partial charge in [0.1, 0.15) is 0 Å². The molecule has 7 nitrogen and oxygen atoms in total. The lowest BCUT2D eigenvalue weighted by atomic mass is 10.1. The second kappa shape index (κ2) is 5.38. The summed E-state index contributed by atoms with van der Waals surface area (Å²) in [6.07, 6.45) is 0.864. The van der Waals surface area contributed by atoms with Crippen LogP contribution in [0.15, 0.2) is 24.3 Å². The van der Waals surface area contributed by atoms with Gasteiger partial charge >= 0.3 is 0 Å². The van der Waals surface area contributed by atoms with Crippen molar-refractivity contribution in [1.29, 1.82) is 0 Å². The molecule has 2 aromatic rings. The molecule has 1 aliphatic heterocycles. The standard InChI is InChI=1S/C13H15N5O2/c19-8-9-5-6-18(7-9)13(20)11-3-1-10(2-4-11)12-14-16-17-15-12/h1-4,9,19H,5-8H2,(H,14,15,16,17). The highest BCUT2D eigenvalue weighted by molar-refractivity contribution is 5.94. The van der Waals surface area contributed by atoms with Crippen molar-refractivity contribution in [3.8, 4) is 11.4 Å². The first kappa shape index (κ1) is 12.7. The maximum absolute atomic E-state index is 12.3. The minimum absolute atomic E-state index is 0.000567. The van der Waals surface area contributed by atoms with Gasteiger partial charge in [-0.25, -0.2) is 0 Å². The van der Waals surface area contributed by atoms with E-state index in [0.29, 0.717) is 24.5 Å². The van der Waals surface area contributed by atoms with Crippen molar-refractivity contribution in [1.82, 2.24) is 25.5 Å². The summed E-state index contributed by atoms with van der Waals surface area (Å²) < 4.78 is 0. The van der Waals surface area contributed by atoms with Crippen molar-refractivity contribution in [3.05, 3.63) is 29.8 Å². The molecule has 7 heteroatoms. The first-order chi connectivity index (χ1) is 9.78. The van der Waals surface area contributed by atoms with Gasteiger partial charge in [-0.3, -0.25) is 4.79 Å². The summed E-state index contributed by atoms with van der Waals surface area (Å²) in [6, 6.07) is 7.13. The monoisotopic (exact) mass is 273 g/mol. The lowest BCUT2D eigenvalue weighted by Gasteiger charge is -2.16. The van der Waals surface area contributed by atoms with Gasteiger partial charge in [0.05, 0.1) is 0 Å². The van der Waals surface area contributed by atoms with Crippen LogP contribution in [0.4, 0.5) is 0 Å². The Morgan fingerprint density at radius 3 is 2.80 bits per heavy atom. The number of tetrazole rings is 1. The fourth-order valence-electron chi connectivity index (χ4n) is 2.39. The van der Waals surface area contributed by atoms with Crippen LogP contribution in [0.3, 0.4) is 0 Å². The minimum Gasteiger partial charge on any atom is -0.396 e. The zero-order valence-electron chi connectivity index (χ0n) is 10.9. The highest BCUT2D eigenvalue weighted by Gasteiger charge is 2.26. The number of aliphatic hydroxyl groups excluding tert-OH is 1. The van der Waals surface area contributed by atoms with Crippen LogP contribution in [0.25, 0.3) is 11.4 Å². The molecular formula is C13H15N5O2. The van der Waals surface area contributed by atoms with E-state index in [1.165, 1.54) is 0 Å². The maximum atomic E-state index is 12.3. The highest BCUT2D eigenvalue weighted by Crippen LogP contribution is 2.20. The number of carbonyl (C=O) groups is 1. The van der Waals surface area contributed by atoms with Crippen molar-refractivity contribution in [2.75, 3.05) is 19.7 Å². The van der Waals surface area contributed by atoms with E-state index < -0.39 is 0 Å². The Kier molecular flexibility index (Phi) is 3.42. The molecule has 1 aromatic heterocycles. The van der Waals surface area contributed by atoms with Gasteiger partial charge < -0.3 is 10.0 Å². The molecule has 2 heterocycles. The van der Waals surface area contributed by atoms with Crippen molar-refractivity contribution in [3.63, 3.8) is 0 Å². The van der Waals surface area contributed by atoms with Gasteiger partial charge in [0.15, 0.2) is 0 Å². The number of aliphatic hydroxyl groups is 1. The Morgan fingerprint density at radius 2 is 2.20 bits per heavy atom. The quantitative estimate of drug-likeness (QED) is 0.839. The SMILES string of the molecule is O=C(c1ccc(-c2nn[nH]n2)cc1)N1CCC(CO)C1. The molecule has 0 aliphatic carbocycles. The summed E-state index contributed by atoms with van der Waals surface area (Å²) in [7, 11) is 0. The third kappa shape index (κ3) is 2.39. The summed E-state index contributed by atoms with van der Waals surface area (Å²) >= 11 is 0. The molecule has 1 atom stereocenters. The molecule has 1 aliphatic rings. The number of aromatic nitrogens is 4. The molecular weight excluding hydrogens is 258 g/mol. The molecule has 0 bridgehead atoms. The first-order valence-corrected chi connectivity index (χ1v) is 6.52. The topological polar surface area (TPSA) is 95.0 Å². The van der Waals surface area contributed by atoms with E-state index in [-0.39, 0.29) is 18.4 Å². The van der Waals surface area contributed by atoms with Crippen LogP contribution in [0.2, 0.25) is 0 Å². The molecule has 1 fully saturated rings. The molecule has 1 amide bonds. The van der Waals surface area contributed by atoms with E-state index in [2.05, 4.69) is 20.6 Å². The molecule has 3 rings (SSSR count). The molecule has 0 saturated carbocycles. The fraction of sp³-hybridized carbons (Fsp3) is 0.385. The van der Waals surface area contributed by atoms with E-state index in [4.69, 9.17) is 5.11 Å². The van der Waals surface area contributed by atoms with E-state index >= 15 is 0 Å². The van der Waals surface area contributed by atoms with Crippen LogP contribution >= 0.6 is 0 Å². The second-order valence-electron chi connectivity index (χ2n) is 4.90. The zero-order chi connectivity index (χ0) is 13.9. The number of aromatic amines is 1. The fourth-order valence-corrected chi connectivity index (χ4v) is 2.39. The number of benzene rings is 1. The Hall–Kier alpha value is -2.28. The molecule has 0 radical (unpaired) electrons. The predicted molar refractivity (Wildman–Crippen MR) is 70.7 cm³/mol.